The van der Waals surface area contributed by atoms with Crippen LogP contribution in [0.15, 0.2) is 42.9 Å². The molecule has 1 saturated heterocycles. The van der Waals surface area contributed by atoms with E-state index in [1.807, 2.05) is 42.2 Å². The normalized spacial score (nSPS) is 17.1. The van der Waals surface area contributed by atoms with E-state index in [0.717, 1.165) is 25.1 Å². The Morgan fingerprint density at radius 2 is 2.15 bits per heavy atom. The van der Waals surface area contributed by atoms with Gasteiger partial charge in [0.15, 0.2) is 0 Å². The summed E-state index contributed by atoms with van der Waals surface area (Å²) in [7, 11) is 0. The Bertz CT molecular complexity index is 708. The van der Waals surface area contributed by atoms with Crippen LogP contribution in [-0.4, -0.2) is 53.7 Å². The fraction of sp³-hybridized carbons (Fsp3) is 0.450. The van der Waals surface area contributed by atoms with E-state index in [0.29, 0.717) is 37.7 Å². The van der Waals surface area contributed by atoms with Crippen LogP contribution in [0, 0.1) is 0 Å². The summed E-state index contributed by atoms with van der Waals surface area (Å²) < 4.78 is 11.1. The quantitative estimate of drug-likeness (QED) is 0.715. The van der Waals surface area contributed by atoms with E-state index in [9.17, 15) is 4.79 Å². The SMILES string of the molecule is CCOCCOc1ccccc1C(=O)N1CCCC(c2ccncn2)C1. The lowest BCUT2D eigenvalue weighted by Gasteiger charge is -2.32. The molecule has 1 unspecified atom stereocenters. The zero-order valence-corrected chi connectivity index (χ0v) is 15.1. The molecule has 3 rings (SSSR count). The summed E-state index contributed by atoms with van der Waals surface area (Å²) in [4.78, 5) is 23.3. The molecule has 0 bridgehead atoms. The van der Waals surface area contributed by atoms with Crippen molar-refractivity contribution in [3.05, 3.63) is 54.1 Å². The molecular formula is C20H25N3O3. The Balaban J connectivity index is 1.68. The standard InChI is InChI=1S/C20H25N3O3/c1-2-25-12-13-26-19-8-4-3-7-17(19)20(24)23-11-5-6-16(14-23)18-9-10-21-15-22-18/h3-4,7-10,15-16H,2,5-6,11-14H2,1H3. The average molecular weight is 355 g/mol. The van der Waals surface area contributed by atoms with Crippen molar-refractivity contribution in [3.8, 4) is 5.75 Å². The molecule has 2 heterocycles. The van der Waals surface area contributed by atoms with Gasteiger partial charge in [0.1, 0.15) is 18.7 Å². The summed E-state index contributed by atoms with van der Waals surface area (Å²) in [6.45, 7) is 4.97. The molecule has 6 nitrogen and oxygen atoms in total. The number of ether oxygens (including phenoxy) is 2. The Kier molecular flexibility index (Phi) is 6.55. The van der Waals surface area contributed by atoms with E-state index >= 15 is 0 Å². The van der Waals surface area contributed by atoms with E-state index in [1.54, 1.807) is 12.5 Å². The molecule has 0 saturated carbocycles. The highest BCUT2D eigenvalue weighted by Crippen LogP contribution is 2.28. The van der Waals surface area contributed by atoms with Gasteiger partial charge >= 0.3 is 0 Å². The summed E-state index contributed by atoms with van der Waals surface area (Å²) in [5.74, 6) is 0.874. The second-order valence-electron chi connectivity index (χ2n) is 6.27. The van der Waals surface area contributed by atoms with Gasteiger partial charge in [0.2, 0.25) is 0 Å². The minimum Gasteiger partial charge on any atom is -0.490 e. The molecule has 1 fully saturated rings. The van der Waals surface area contributed by atoms with Crippen LogP contribution in [0.2, 0.25) is 0 Å². The maximum Gasteiger partial charge on any atom is 0.257 e. The maximum absolute atomic E-state index is 13.1. The van der Waals surface area contributed by atoms with Gasteiger partial charge in [-0.1, -0.05) is 12.1 Å². The molecule has 0 aliphatic carbocycles. The Morgan fingerprint density at radius 1 is 1.27 bits per heavy atom. The first-order valence-electron chi connectivity index (χ1n) is 9.14. The van der Waals surface area contributed by atoms with Gasteiger partial charge in [-0.05, 0) is 38.0 Å². The maximum atomic E-state index is 13.1. The molecule has 1 atom stereocenters. The molecule has 26 heavy (non-hydrogen) atoms. The molecular weight excluding hydrogens is 330 g/mol. The summed E-state index contributed by atoms with van der Waals surface area (Å²) in [6.07, 6.45) is 5.32. The predicted octanol–water partition coefficient (Wildman–Crippen LogP) is 2.91. The minimum atomic E-state index is 0.00997. The average Bonchev–Trinajstić information content (AvgIpc) is 2.72. The third kappa shape index (κ3) is 4.58. The second-order valence-corrected chi connectivity index (χ2v) is 6.27. The minimum absolute atomic E-state index is 0.00997. The van der Waals surface area contributed by atoms with Crippen molar-refractivity contribution in [2.24, 2.45) is 0 Å². The van der Waals surface area contributed by atoms with Crippen molar-refractivity contribution in [2.75, 3.05) is 32.9 Å². The number of piperidine rings is 1. The predicted molar refractivity (Wildman–Crippen MR) is 98.3 cm³/mol. The van der Waals surface area contributed by atoms with Crippen LogP contribution in [0.1, 0.15) is 41.7 Å². The molecule has 1 aliphatic heterocycles. The lowest BCUT2D eigenvalue weighted by Crippen LogP contribution is -2.39. The molecule has 1 aromatic carbocycles. The largest absolute Gasteiger partial charge is 0.490 e. The van der Waals surface area contributed by atoms with Gasteiger partial charge in [0.05, 0.1) is 12.2 Å². The van der Waals surface area contributed by atoms with E-state index < -0.39 is 0 Å². The highest BCUT2D eigenvalue weighted by molar-refractivity contribution is 5.97. The van der Waals surface area contributed by atoms with Crippen LogP contribution >= 0.6 is 0 Å². The van der Waals surface area contributed by atoms with Crippen LogP contribution in [-0.2, 0) is 4.74 Å². The highest BCUT2D eigenvalue weighted by Gasteiger charge is 2.27. The van der Waals surface area contributed by atoms with Gasteiger partial charge in [-0.15, -0.1) is 0 Å². The molecule has 0 radical (unpaired) electrons. The number of hydrogen-bond donors (Lipinski definition) is 0. The topological polar surface area (TPSA) is 64.6 Å². The van der Waals surface area contributed by atoms with Crippen LogP contribution in [0.25, 0.3) is 0 Å². The first kappa shape index (κ1) is 18.3. The van der Waals surface area contributed by atoms with E-state index in [-0.39, 0.29) is 11.8 Å². The summed E-state index contributed by atoms with van der Waals surface area (Å²) in [5, 5.41) is 0. The van der Waals surface area contributed by atoms with E-state index in [1.165, 1.54) is 0 Å². The smallest absolute Gasteiger partial charge is 0.257 e. The number of carbonyl (C=O) groups is 1. The number of likely N-dealkylation sites (tertiary alicyclic amines) is 1. The van der Waals surface area contributed by atoms with E-state index in [2.05, 4.69) is 9.97 Å². The Labute approximate surface area is 154 Å². The number of hydrogen-bond acceptors (Lipinski definition) is 5. The van der Waals surface area contributed by atoms with Gasteiger partial charge in [-0.2, -0.15) is 0 Å². The molecule has 6 heteroatoms. The molecule has 1 aliphatic rings. The third-order valence-electron chi connectivity index (χ3n) is 4.54. The summed E-state index contributed by atoms with van der Waals surface area (Å²) >= 11 is 0. The number of amides is 1. The van der Waals surface area contributed by atoms with Crippen molar-refractivity contribution in [3.63, 3.8) is 0 Å². The highest BCUT2D eigenvalue weighted by atomic mass is 16.5. The zero-order chi connectivity index (χ0) is 18.2. The number of rotatable bonds is 7. The first-order chi connectivity index (χ1) is 12.8. The van der Waals surface area contributed by atoms with Crippen LogP contribution < -0.4 is 4.74 Å². The monoisotopic (exact) mass is 355 g/mol. The van der Waals surface area contributed by atoms with Crippen molar-refractivity contribution in [2.45, 2.75) is 25.7 Å². The second kappa shape index (κ2) is 9.29. The van der Waals surface area contributed by atoms with Crippen molar-refractivity contribution in [1.29, 1.82) is 0 Å². The molecule has 1 aromatic heterocycles. The van der Waals surface area contributed by atoms with Gasteiger partial charge in [-0.3, -0.25) is 4.79 Å². The Morgan fingerprint density at radius 3 is 2.96 bits per heavy atom. The molecule has 1 amide bonds. The van der Waals surface area contributed by atoms with Crippen LogP contribution in [0.3, 0.4) is 0 Å². The zero-order valence-electron chi connectivity index (χ0n) is 15.1. The fourth-order valence-corrected chi connectivity index (χ4v) is 3.24. The lowest BCUT2D eigenvalue weighted by molar-refractivity contribution is 0.0696. The Hall–Kier alpha value is -2.47. The molecule has 138 valence electrons. The number of para-hydroxylation sites is 1. The molecule has 0 N–H and O–H groups in total. The van der Waals surface area contributed by atoms with Gasteiger partial charge in [0, 0.05) is 37.5 Å². The van der Waals surface area contributed by atoms with Crippen molar-refractivity contribution >= 4 is 5.91 Å². The first-order valence-corrected chi connectivity index (χ1v) is 9.14. The number of benzene rings is 1. The van der Waals surface area contributed by atoms with Gasteiger partial charge < -0.3 is 14.4 Å². The molecule has 2 aromatic rings. The lowest BCUT2D eigenvalue weighted by atomic mass is 9.94. The van der Waals surface area contributed by atoms with Crippen LogP contribution in [0.5, 0.6) is 5.75 Å². The third-order valence-corrected chi connectivity index (χ3v) is 4.54. The number of aromatic nitrogens is 2. The van der Waals surface area contributed by atoms with Gasteiger partial charge in [0.25, 0.3) is 5.91 Å². The van der Waals surface area contributed by atoms with Gasteiger partial charge in [-0.25, -0.2) is 9.97 Å². The van der Waals surface area contributed by atoms with Crippen molar-refractivity contribution < 1.29 is 14.3 Å². The van der Waals surface area contributed by atoms with Crippen LogP contribution in [0.4, 0.5) is 0 Å². The fourth-order valence-electron chi connectivity index (χ4n) is 3.24. The number of carbonyl (C=O) groups excluding carboxylic acids is 1. The van der Waals surface area contributed by atoms with Crippen molar-refractivity contribution in [1.82, 2.24) is 14.9 Å². The summed E-state index contributed by atoms with van der Waals surface area (Å²) in [5.41, 5.74) is 1.60. The van der Waals surface area contributed by atoms with E-state index in [4.69, 9.17) is 9.47 Å². The summed E-state index contributed by atoms with van der Waals surface area (Å²) in [6, 6.07) is 9.35. The number of nitrogens with zero attached hydrogens (tertiary/aromatic N) is 3. The molecule has 0 spiro atoms.